The molecule has 1 atom stereocenters. The lowest BCUT2D eigenvalue weighted by molar-refractivity contribution is -0.136. The molecule has 0 bridgehead atoms. The van der Waals surface area contributed by atoms with E-state index in [1.165, 1.54) is 48.8 Å². The molecule has 2 N–H and O–H groups in total. The van der Waals surface area contributed by atoms with Crippen molar-refractivity contribution in [2.24, 2.45) is 4.99 Å². The lowest BCUT2D eigenvalue weighted by Crippen LogP contribution is -2.43. The number of aromatic nitrogens is 1. The monoisotopic (exact) mass is 636 g/mol. The highest BCUT2D eigenvalue weighted by molar-refractivity contribution is 7.11. The zero-order chi connectivity index (χ0) is 31.0. The number of methoxy groups -OCH3 is 1. The number of hydrogen-bond acceptors (Lipinski definition) is 9. The Balaban J connectivity index is 1.29. The van der Waals surface area contributed by atoms with E-state index in [0.717, 1.165) is 11.3 Å². The Bertz CT molecular complexity index is 1730. The number of fused-ring (bicyclic) bond motifs is 1. The summed E-state index contributed by atoms with van der Waals surface area (Å²) in [5, 5.41) is 15.0. The second kappa shape index (κ2) is 12.1. The van der Waals surface area contributed by atoms with Gasteiger partial charge in [0, 0.05) is 53.7 Å². The number of halogens is 2. The summed E-state index contributed by atoms with van der Waals surface area (Å²) in [6.45, 7) is 1.88. The van der Waals surface area contributed by atoms with Crippen molar-refractivity contribution in [1.82, 2.24) is 25.0 Å². The lowest BCUT2D eigenvalue weighted by Gasteiger charge is -2.34. The number of amidine groups is 1. The smallest absolute Gasteiger partial charge is 0.338 e. The molecule has 1 unspecified atom stereocenters. The first kappa shape index (κ1) is 29.3. The second-order valence-corrected chi connectivity index (χ2v) is 11.6. The van der Waals surface area contributed by atoms with Crippen LogP contribution in [0.15, 0.2) is 82.2 Å². The molecule has 14 heteroatoms. The fraction of sp³-hybridized carbons (Fsp3) is 0.233. The molecule has 3 aromatic rings. The van der Waals surface area contributed by atoms with Crippen LogP contribution in [0, 0.1) is 5.82 Å². The highest BCUT2D eigenvalue weighted by atomic mass is 35.5. The minimum absolute atomic E-state index is 0.123. The van der Waals surface area contributed by atoms with E-state index in [1.807, 2.05) is 16.5 Å². The highest BCUT2D eigenvalue weighted by Crippen LogP contribution is 2.37. The number of hydrogen-bond donors (Lipinski definition) is 2. The van der Waals surface area contributed by atoms with Crippen LogP contribution < -0.4 is 5.32 Å². The third kappa shape index (κ3) is 5.75. The number of ether oxygens (including phenoxy) is 1. The number of aromatic carboxylic acids is 1. The van der Waals surface area contributed by atoms with Gasteiger partial charge in [0.25, 0.3) is 0 Å². The molecule has 1 aromatic heterocycles. The lowest BCUT2D eigenvalue weighted by atomic mass is 9.95. The summed E-state index contributed by atoms with van der Waals surface area (Å²) >= 11 is 7.82. The predicted octanol–water partition coefficient (Wildman–Crippen LogP) is 4.25. The van der Waals surface area contributed by atoms with Gasteiger partial charge >= 0.3 is 18.0 Å². The number of carboxylic acids is 1. The number of benzene rings is 2. The average molecular weight is 637 g/mol. The zero-order valence-corrected chi connectivity index (χ0v) is 24.9. The van der Waals surface area contributed by atoms with Crippen molar-refractivity contribution >= 4 is 46.7 Å². The number of aliphatic imine (C=N–C) groups is 1. The van der Waals surface area contributed by atoms with Crippen molar-refractivity contribution < 1.29 is 28.6 Å². The summed E-state index contributed by atoms with van der Waals surface area (Å²) in [7, 11) is 1.28. The first-order chi connectivity index (χ1) is 21.2. The van der Waals surface area contributed by atoms with Gasteiger partial charge in [0.2, 0.25) is 0 Å². The van der Waals surface area contributed by atoms with E-state index in [2.05, 4.69) is 10.3 Å². The minimum atomic E-state index is -1.01. The summed E-state index contributed by atoms with van der Waals surface area (Å²) in [4.78, 5) is 52.1. The summed E-state index contributed by atoms with van der Waals surface area (Å²) in [5.74, 6) is -1.69. The molecule has 1 fully saturated rings. The number of nitrogens with one attached hydrogen (secondary N) is 1. The number of amides is 2. The first-order valence-corrected chi connectivity index (χ1v) is 14.8. The Morgan fingerprint density at radius 3 is 2.66 bits per heavy atom. The van der Waals surface area contributed by atoms with Gasteiger partial charge in [0.05, 0.1) is 37.0 Å². The van der Waals surface area contributed by atoms with Gasteiger partial charge < -0.3 is 25.0 Å². The van der Waals surface area contributed by atoms with Gasteiger partial charge in [-0.05, 0) is 29.8 Å². The molecule has 0 spiro atoms. The predicted molar refractivity (Wildman–Crippen MR) is 161 cm³/mol. The molecule has 4 heterocycles. The van der Waals surface area contributed by atoms with Crippen LogP contribution in [0.5, 0.6) is 0 Å². The van der Waals surface area contributed by atoms with Gasteiger partial charge in [0.15, 0.2) is 10.8 Å². The Hall–Kier alpha value is -4.75. The average Bonchev–Trinajstić information content (AvgIpc) is 3.65. The van der Waals surface area contributed by atoms with Crippen LogP contribution in [0.1, 0.15) is 32.5 Å². The van der Waals surface area contributed by atoms with Crippen molar-refractivity contribution in [3.8, 4) is 0 Å². The van der Waals surface area contributed by atoms with Crippen molar-refractivity contribution in [2.45, 2.75) is 12.6 Å². The van der Waals surface area contributed by atoms with Gasteiger partial charge in [-0.2, -0.15) is 0 Å². The molecule has 226 valence electrons. The number of rotatable bonds is 8. The summed E-state index contributed by atoms with van der Waals surface area (Å²) < 4.78 is 19.1. The Labute approximate surface area is 260 Å². The maximum Gasteiger partial charge on any atom is 0.338 e. The first-order valence-electron chi connectivity index (χ1n) is 13.6. The topological polar surface area (TPSA) is 128 Å². The fourth-order valence-corrected chi connectivity index (χ4v) is 6.25. The maximum absolute atomic E-state index is 13.9. The van der Waals surface area contributed by atoms with Crippen molar-refractivity contribution in [2.75, 3.05) is 33.3 Å². The minimum Gasteiger partial charge on any atom is -0.478 e. The van der Waals surface area contributed by atoms with E-state index in [0.29, 0.717) is 48.3 Å². The van der Waals surface area contributed by atoms with Gasteiger partial charge in [-0.3, -0.25) is 9.89 Å². The highest BCUT2D eigenvalue weighted by Gasteiger charge is 2.38. The molecule has 1 saturated heterocycles. The Kier molecular flexibility index (Phi) is 8.06. The standard InChI is InChI=1S/C30H26ClFN6O5S/c1-43-29(41)24-23(34-26(27-33-8-11-44-27)35-25(24)21-7-6-19(32)12-22(21)31)16-36-9-10-38-20(14-36)15-37(30(38)42)13-17-2-4-18(5-3-17)28(39)40/h2-8,11-12,14,25H,9-10,13,15-16H2,1H3,(H,34,35)(H,39,40). The molecular formula is C30H26ClFN6O5S. The van der Waals surface area contributed by atoms with Crippen molar-refractivity contribution in [1.29, 1.82) is 0 Å². The van der Waals surface area contributed by atoms with Gasteiger partial charge in [0.1, 0.15) is 11.9 Å². The van der Waals surface area contributed by atoms with E-state index in [1.54, 1.807) is 28.1 Å². The summed E-state index contributed by atoms with van der Waals surface area (Å²) in [6.07, 6.45) is 3.55. The Morgan fingerprint density at radius 1 is 1.18 bits per heavy atom. The second-order valence-electron chi connectivity index (χ2n) is 10.3. The van der Waals surface area contributed by atoms with E-state index in [-0.39, 0.29) is 28.7 Å². The molecule has 3 aliphatic heterocycles. The molecule has 44 heavy (non-hydrogen) atoms. The van der Waals surface area contributed by atoms with Gasteiger partial charge in [-0.1, -0.05) is 29.8 Å². The molecule has 0 aliphatic carbocycles. The van der Waals surface area contributed by atoms with Gasteiger partial charge in [-0.25, -0.2) is 23.8 Å². The fourth-order valence-electron chi connectivity index (χ4n) is 5.39. The number of nitrogens with zero attached hydrogens (tertiary/aromatic N) is 5. The van der Waals surface area contributed by atoms with Crippen LogP contribution in [0.25, 0.3) is 0 Å². The maximum atomic E-state index is 13.9. The molecule has 2 amide bonds. The third-order valence-electron chi connectivity index (χ3n) is 7.50. The van der Waals surface area contributed by atoms with E-state index < -0.39 is 23.8 Å². The van der Waals surface area contributed by atoms with Crippen LogP contribution >= 0.6 is 22.9 Å². The zero-order valence-electron chi connectivity index (χ0n) is 23.4. The van der Waals surface area contributed by atoms with E-state index in [4.69, 9.17) is 26.4 Å². The van der Waals surface area contributed by atoms with Crippen LogP contribution in [-0.4, -0.2) is 81.9 Å². The van der Waals surface area contributed by atoms with Crippen LogP contribution in [0.3, 0.4) is 0 Å². The summed E-state index contributed by atoms with van der Waals surface area (Å²) in [5.41, 5.74) is 2.99. The molecule has 2 aromatic carbocycles. The quantitative estimate of drug-likeness (QED) is 0.352. The van der Waals surface area contributed by atoms with Crippen molar-refractivity contribution in [3.05, 3.63) is 110 Å². The van der Waals surface area contributed by atoms with Crippen molar-refractivity contribution in [3.63, 3.8) is 0 Å². The normalized spacial score (nSPS) is 18.1. The number of thiazole rings is 1. The van der Waals surface area contributed by atoms with E-state index >= 15 is 0 Å². The van der Waals surface area contributed by atoms with Gasteiger partial charge in [-0.15, -0.1) is 11.3 Å². The number of carbonyl (C=O) groups excluding carboxylic acids is 2. The third-order valence-corrected chi connectivity index (χ3v) is 8.61. The molecule has 0 radical (unpaired) electrons. The number of carbonyl (C=O) groups is 3. The molecule has 3 aliphatic rings. The molecule has 6 rings (SSSR count). The van der Waals surface area contributed by atoms with Crippen LogP contribution in [0.2, 0.25) is 5.02 Å². The molecular weight excluding hydrogens is 611 g/mol. The van der Waals surface area contributed by atoms with Crippen LogP contribution in [0.4, 0.5) is 9.18 Å². The van der Waals surface area contributed by atoms with Crippen LogP contribution in [-0.2, 0) is 16.1 Å². The number of urea groups is 1. The molecule has 0 saturated carbocycles. The largest absolute Gasteiger partial charge is 0.478 e. The Morgan fingerprint density at radius 2 is 1.98 bits per heavy atom. The number of esters is 1. The van der Waals surface area contributed by atoms with E-state index in [9.17, 15) is 18.8 Å². The molecule has 11 nitrogen and oxygen atoms in total. The SMILES string of the molecule is COC(=O)C1=C(CN2C=C3CN(Cc4ccc(C(=O)O)cc4)C(=O)N3CC2)NC(c2nccs2)=NC1c1ccc(F)cc1Cl. The number of carboxylic acid groups (broad SMARTS) is 1. The summed E-state index contributed by atoms with van der Waals surface area (Å²) in [6, 6.07) is 9.39.